The normalized spacial score (nSPS) is 13.2. The Bertz CT molecular complexity index is 529. The van der Waals surface area contributed by atoms with Gasteiger partial charge in [-0.25, -0.2) is 18.6 Å². The van der Waals surface area contributed by atoms with Crippen molar-refractivity contribution in [3.63, 3.8) is 0 Å². The lowest BCUT2D eigenvalue weighted by Crippen LogP contribution is -2.49. The van der Waals surface area contributed by atoms with Crippen LogP contribution in [-0.2, 0) is 21.2 Å². The smallest absolute Gasteiger partial charge is 0.261 e. The van der Waals surface area contributed by atoms with Crippen molar-refractivity contribution < 1.29 is 18.4 Å². The monoisotopic (exact) mass is 300 g/mol. The summed E-state index contributed by atoms with van der Waals surface area (Å²) in [6.45, 7) is 3.39. The molecule has 0 fully saturated rings. The maximum absolute atomic E-state index is 12.0. The molecule has 0 radical (unpaired) electrons. The fourth-order valence-corrected chi connectivity index (χ4v) is 3.10. The number of amides is 1. The minimum absolute atomic E-state index is 0.112. The maximum atomic E-state index is 12.0. The average molecular weight is 300 g/mol. The first-order valence-electron chi connectivity index (χ1n) is 6.33. The summed E-state index contributed by atoms with van der Waals surface area (Å²) >= 11 is 0. The van der Waals surface area contributed by atoms with Crippen LogP contribution in [0, 0.1) is 5.92 Å². The highest BCUT2D eigenvalue weighted by Gasteiger charge is 2.26. The van der Waals surface area contributed by atoms with Crippen LogP contribution in [0.2, 0.25) is 0 Å². The average Bonchev–Trinajstić information content (AvgIpc) is 2.43. The third-order valence-electron chi connectivity index (χ3n) is 2.87. The molecule has 1 aromatic rings. The van der Waals surface area contributed by atoms with E-state index in [0.717, 1.165) is 5.56 Å². The van der Waals surface area contributed by atoms with Gasteiger partial charge in [0.2, 0.25) is 10.0 Å². The van der Waals surface area contributed by atoms with Gasteiger partial charge in [0.1, 0.15) is 6.04 Å². The van der Waals surface area contributed by atoms with E-state index in [1.54, 1.807) is 13.8 Å². The van der Waals surface area contributed by atoms with Crippen molar-refractivity contribution in [2.75, 3.05) is 5.75 Å². The van der Waals surface area contributed by atoms with Crippen molar-refractivity contribution in [1.29, 1.82) is 0 Å². The molecule has 1 amide bonds. The van der Waals surface area contributed by atoms with E-state index in [9.17, 15) is 13.2 Å². The number of carbonyl (C=O) groups is 1. The SMILES string of the molecule is CC(C)[C@@H](NS(=O)(=O)CCc1ccccc1)C(=O)NO. The van der Waals surface area contributed by atoms with Gasteiger partial charge in [-0.15, -0.1) is 0 Å². The molecule has 0 saturated heterocycles. The summed E-state index contributed by atoms with van der Waals surface area (Å²) < 4.78 is 26.2. The largest absolute Gasteiger partial charge is 0.289 e. The summed E-state index contributed by atoms with van der Waals surface area (Å²) in [6.07, 6.45) is 0.363. The second-order valence-electron chi connectivity index (χ2n) is 4.87. The Labute approximate surface area is 119 Å². The molecule has 0 aliphatic rings. The molecule has 6 nitrogen and oxygen atoms in total. The zero-order chi connectivity index (χ0) is 15.2. The molecule has 0 aromatic heterocycles. The van der Waals surface area contributed by atoms with Gasteiger partial charge in [-0.3, -0.25) is 10.0 Å². The van der Waals surface area contributed by atoms with E-state index in [0.29, 0.717) is 6.42 Å². The van der Waals surface area contributed by atoms with Crippen LogP contribution in [0.5, 0.6) is 0 Å². The number of rotatable bonds is 7. The fourth-order valence-electron chi connectivity index (χ4n) is 1.71. The molecular weight excluding hydrogens is 280 g/mol. The van der Waals surface area contributed by atoms with Gasteiger partial charge >= 0.3 is 0 Å². The number of sulfonamides is 1. The number of benzene rings is 1. The fraction of sp³-hybridized carbons (Fsp3) is 0.462. The van der Waals surface area contributed by atoms with E-state index >= 15 is 0 Å². The van der Waals surface area contributed by atoms with E-state index in [2.05, 4.69) is 4.72 Å². The highest BCUT2D eigenvalue weighted by atomic mass is 32.2. The van der Waals surface area contributed by atoms with E-state index in [-0.39, 0.29) is 11.7 Å². The number of nitrogens with one attached hydrogen (secondary N) is 2. The molecule has 0 bridgehead atoms. The number of carbonyl (C=O) groups excluding carboxylic acids is 1. The van der Waals surface area contributed by atoms with E-state index in [1.807, 2.05) is 30.3 Å². The minimum Gasteiger partial charge on any atom is -0.289 e. The van der Waals surface area contributed by atoms with E-state index in [1.165, 1.54) is 5.48 Å². The molecule has 1 aromatic carbocycles. The summed E-state index contributed by atoms with van der Waals surface area (Å²) in [6, 6.07) is 8.24. The van der Waals surface area contributed by atoms with Gasteiger partial charge in [0.15, 0.2) is 0 Å². The molecule has 0 unspecified atom stereocenters. The quantitative estimate of drug-likeness (QED) is 0.509. The molecule has 3 N–H and O–H groups in total. The highest BCUT2D eigenvalue weighted by molar-refractivity contribution is 7.89. The Hall–Kier alpha value is -1.44. The number of hydrogen-bond donors (Lipinski definition) is 3. The standard InChI is InChI=1S/C13H20N2O4S/c1-10(2)12(13(16)14-17)15-20(18,19)9-8-11-6-4-3-5-7-11/h3-7,10,12,15,17H,8-9H2,1-2H3,(H,14,16)/t12-/m1/s1. The minimum atomic E-state index is -3.60. The van der Waals surface area contributed by atoms with Crippen LogP contribution >= 0.6 is 0 Å². The van der Waals surface area contributed by atoms with Gasteiger partial charge < -0.3 is 0 Å². The van der Waals surface area contributed by atoms with Gasteiger partial charge in [0.05, 0.1) is 5.75 Å². The molecule has 0 heterocycles. The van der Waals surface area contributed by atoms with Crippen molar-refractivity contribution in [2.45, 2.75) is 26.3 Å². The van der Waals surface area contributed by atoms with E-state index in [4.69, 9.17) is 5.21 Å². The number of hydroxylamine groups is 1. The second-order valence-corrected chi connectivity index (χ2v) is 6.74. The zero-order valence-electron chi connectivity index (χ0n) is 11.5. The lowest BCUT2D eigenvalue weighted by atomic mass is 10.1. The van der Waals surface area contributed by atoms with Crippen LogP contribution < -0.4 is 10.2 Å². The van der Waals surface area contributed by atoms with Gasteiger partial charge in [-0.05, 0) is 17.9 Å². The van der Waals surface area contributed by atoms with Crippen molar-refractivity contribution in [3.05, 3.63) is 35.9 Å². The Morgan fingerprint density at radius 1 is 1.25 bits per heavy atom. The first-order valence-corrected chi connectivity index (χ1v) is 7.99. The lowest BCUT2D eigenvalue weighted by molar-refractivity contribution is -0.131. The first kappa shape index (κ1) is 16.6. The molecular formula is C13H20N2O4S. The molecule has 1 rings (SSSR count). The molecule has 20 heavy (non-hydrogen) atoms. The Balaban J connectivity index is 2.66. The third kappa shape index (κ3) is 5.28. The topological polar surface area (TPSA) is 95.5 Å². The van der Waals surface area contributed by atoms with Crippen molar-refractivity contribution in [2.24, 2.45) is 5.92 Å². The zero-order valence-corrected chi connectivity index (χ0v) is 12.4. The molecule has 0 spiro atoms. The summed E-state index contributed by atoms with van der Waals surface area (Å²) in [5, 5.41) is 8.62. The molecule has 0 aliphatic carbocycles. The van der Waals surface area contributed by atoms with E-state index < -0.39 is 22.0 Å². The molecule has 1 atom stereocenters. The van der Waals surface area contributed by atoms with Crippen LogP contribution in [0.3, 0.4) is 0 Å². The summed E-state index contributed by atoms with van der Waals surface area (Å²) in [5.41, 5.74) is 2.38. The Kier molecular flexibility index (Phi) is 6.12. The predicted octanol–water partition coefficient (Wildman–Crippen LogP) is 0.678. The number of hydrogen-bond acceptors (Lipinski definition) is 4. The van der Waals surface area contributed by atoms with Crippen LogP contribution in [0.25, 0.3) is 0 Å². The molecule has 112 valence electrons. The predicted molar refractivity (Wildman–Crippen MR) is 75.6 cm³/mol. The van der Waals surface area contributed by atoms with Gasteiger partial charge in [-0.2, -0.15) is 0 Å². The van der Waals surface area contributed by atoms with Crippen molar-refractivity contribution in [3.8, 4) is 0 Å². The summed E-state index contributed by atoms with van der Waals surface area (Å²) in [7, 11) is -3.60. The van der Waals surface area contributed by atoms with Gasteiger partial charge in [0.25, 0.3) is 5.91 Å². The third-order valence-corrected chi connectivity index (χ3v) is 4.22. The van der Waals surface area contributed by atoms with Crippen LogP contribution in [-0.4, -0.2) is 31.3 Å². The summed E-state index contributed by atoms with van der Waals surface area (Å²) in [5.74, 6) is -1.14. The van der Waals surface area contributed by atoms with Crippen LogP contribution in [0.4, 0.5) is 0 Å². The first-order chi connectivity index (χ1) is 9.35. The maximum Gasteiger partial charge on any atom is 0.261 e. The molecule has 0 aliphatic heterocycles. The van der Waals surface area contributed by atoms with Crippen LogP contribution in [0.1, 0.15) is 19.4 Å². The summed E-state index contributed by atoms with van der Waals surface area (Å²) in [4.78, 5) is 11.4. The molecule has 0 saturated carbocycles. The highest BCUT2D eigenvalue weighted by Crippen LogP contribution is 2.06. The van der Waals surface area contributed by atoms with Crippen molar-refractivity contribution >= 4 is 15.9 Å². The molecule has 7 heteroatoms. The lowest BCUT2D eigenvalue weighted by Gasteiger charge is -2.20. The Morgan fingerprint density at radius 3 is 2.35 bits per heavy atom. The van der Waals surface area contributed by atoms with Crippen molar-refractivity contribution in [1.82, 2.24) is 10.2 Å². The van der Waals surface area contributed by atoms with Gasteiger partial charge in [-0.1, -0.05) is 44.2 Å². The van der Waals surface area contributed by atoms with Crippen LogP contribution in [0.15, 0.2) is 30.3 Å². The Morgan fingerprint density at radius 2 is 1.85 bits per heavy atom. The number of aryl methyl sites for hydroxylation is 1. The second kappa shape index (κ2) is 7.37. The van der Waals surface area contributed by atoms with Gasteiger partial charge in [0, 0.05) is 0 Å².